The van der Waals surface area contributed by atoms with Gasteiger partial charge in [-0.15, -0.1) is 0 Å². The number of aryl methyl sites for hydroxylation is 1. The van der Waals surface area contributed by atoms with Gasteiger partial charge in [0.1, 0.15) is 0 Å². The van der Waals surface area contributed by atoms with Gasteiger partial charge in [-0.05, 0) is 19.1 Å². The van der Waals surface area contributed by atoms with Gasteiger partial charge in [0.2, 0.25) is 5.91 Å². The molecule has 0 spiro atoms. The summed E-state index contributed by atoms with van der Waals surface area (Å²) in [6, 6.07) is 7.44. The zero-order valence-electron chi connectivity index (χ0n) is 8.97. The highest BCUT2D eigenvalue weighted by Crippen LogP contribution is 2.24. The van der Waals surface area contributed by atoms with Gasteiger partial charge in [-0.3, -0.25) is 4.79 Å². The number of hydrogen-bond acceptors (Lipinski definition) is 3. The minimum atomic E-state index is -1.15. The van der Waals surface area contributed by atoms with E-state index in [9.17, 15) is 14.7 Å². The number of carboxylic acids is 1. The molecule has 1 heterocycles. The van der Waals surface area contributed by atoms with Gasteiger partial charge in [-0.25, -0.2) is 0 Å². The van der Waals surface area contributed by atoms with E-state index in [1.807, 2.05) is 31.2 Å². The molecule has 1 aliphatic rings. The first kappa shape index (κ1) is 10.7. The Balaban J connectivity index is 2.20. The van der Waals surface area contributed by atoms with E-state index in [0.29, 0.717) is 0 Å². The van der Waals surface area contributed by atoms with Gasteiger partial charge in [-0.1, -0.05) is 17.7 Å². The van der Waals surface area contributed by atoms with Crippen molar-refractivity contribution in [1.82, 2.24) is 0 Å². The molecule has 4 heteroatoms. The number of benzene rings is 1. The quantitative estimate of drug-likeness (QED) is 0.707. The summed E-state index contributed by atoms with van der Waals surface area (Å²) in [6.45, 7) is 2.17. The van der Waals surface area contributed by atoms with E-state index >= 15 is 0 Å². The number of rotatable bonds is 2. The summed E-state index contributed by atoms with van der Waals surface area (Å²) in [5, 5.41) is 10.7. The summed E-state index contributed by atoms with van der Waals surface area (Å²) in [6.07, 6.45) is 0.0379. The second-order valence-corrected chi connectivity index (χ2v) is 4.06. The smallest absolute Gasteiger partial charge is 0.227 e. The standard InChI is InChI=1S/C12H13NO3/c1-8-2-4-10(5-3-8)13-7-9(12(15)16)6-11(13)14/h2-5,9H,6-7H2,1H3,(H,15,16)/p-1/t9-/m0/s1. The van der Waals surface area contributed by atoms with E-state index in [2.05, 4.69) is 0 Å². The van der Waals surface area contributed by atoms with Crippen LogP contribution in [-0.2, 0) is 9.59 Å². The molecule has 1 fully saturated rings. The summed E-state index contributed by atoms with van der Waals surface area (Å²) in [4.78, 5) is 23.8. The van der Waals surface area contributed by atoms with E-state index in [-0.39, 0.29) is 18.9 Å². The fraction of sp³-hybridized carbons (Fsp3) is 0.333. The molecule has 0 radical (unpaired) electrons. The van der Waals surface area contributed by atoms with Crippen LogP contribution in [0.25, 0.3) is 0 Å². The molecule has 1 aromatic rings. The van der Waals surface area contributed by atoms with Crippen molar-refractivity contribution < 1.29 is 14.7 Å². The first-order chi connectivity index (χ1) is 7.58. The van der Waals surface area contributed by atoms with E-state index in [4.69, 9.17) is 0 Å². The number of amides is 1. The number of anilines is 1. The summed E-state index contributed by atoms with van der Waals surface area (Å²) in [5.41, 5.74) is 1.85. The molecule has 1 aromatic carbocycles. The van der Waals surface area contributed by atoms with Crippen LogP contribution in [-0.4, -0.2) is 18.4 Å². The van der Waals surface area contributed by atoms with Gasteiger partial charge in [0.15, 0.2) is 0 Å². The van der Waals surface area contributed by atoms with Crippen LogP contribution in [0.3, 0.4) is 0 Å². The second-order valence-electron chi connectivity index (χ2n) is 4.06. The number of nitrogens with zero attached hydrogens (tertiary/aromatic N) is 1. The van der Waals surface area contributed by atoms with Crippen LogP contribution in [0.15, 0.2) is 24.3 Å². The highest BCUT2D eigenvalue weighted by molar-refractivity contribution is 5.98. The Hall–Kier alpha value is -1.84. The van der Waals surface area contributed by atoms with Crippen molar-refractivity contribution >= 4 is 17.6 Å². The molecule has 16 heavy (non-hydrogen) atoms. The minimum absolute atomic E-state index is 0.0379. The highest BCUT2D eigenvalue weighted by atomic mass is 16.4. The van der Waals surface area contributed by atoms with Gasteiger partial charge >= 0.3 is 0 Å². The average molecular weight is 218 g/mol. The lowest BCUT2D eigenvalue weighted by atomic mass is 10.1. The Morgan fingerprint density at radius 1 is 1.38 bits per heavy atom. The lowest BCUT2D eigenvalue weighted by Gasteiger charge is -2.17. The van der Waals surface area contributed by atoms with Gasteiger partial charge in [0.05, 0.1) is 0 Å². The fourth-order valence-electron chi connectivity index (χ4n) is 1.84. The lowest BCUT2D eigenvalue weighted by molar-refractivity contribution is -0.310. The molecular weight excluding hydrogens is 206 g/mol. The third kappa shape index (κ3) is 1.91. The summed E-state index contributed by atoms with van der Waals surface area (Å²) in [5.74, 6) is -1.99. The molecule has 0 aromatic heterocycles. The van der Waals surface area contributed by atoms with E-state index < -0.39 is 11.9 Å². The molecule has 4 nitrogen and oxygen atoms in total. The predicted molar refractivity (Wildman–Crippen MR) is 56.6 cm³/mol. The summed E-state index contributed by atoms with van der Waals surface area (Å²) in [7, 11) is 0. The van der Waals surface area contributed by atoms with Gasteiger partial charge in [-0.2, -0.15) is 0 Å². The van der Waals surface area contributed by atoms with E-state index in [1.54, 1.807) is 0 Å². The molecule has 0 aliphatic carbocycles. The van der Waals surface area contributed by atoms with Crippen LogP contribution in [0.2, 0.25) is 0 Å². The Labute approximate surface area is 93.5 Å². The van der Waals surface area contributed by atoms with Crippen LogP contribution < -0.4 is 10.0 Å². The average Bonchev–Trinajstić information content (AvgIpc) is 2.62. The van der Waals surface area contributed by atoms with Crippen LogP contribution >= 0.6 is 0 Å². The number of carbonyl (C=O) groups excluding carboxylic acids is 2. The Morgan fingerprint density at radius 2 is 2.00 bits per heavy atom. The zero-order chi connectivity index (χ0) is 11.7. The Morgan fingerprint density at radius 3 is 2.50 bits per heavy atom. The summed E-state index contributed by atoms with van der Waals surface area (Å²) >= 11 is 0. The van der Waals surface area contributed by atoms with Crippen molar-refractivity contribution in [3.63, 3.8) is 0 Å². The third-order valence-corrected chi connectivity index (χ3v) is 2.80. The monoisotopic (exact) mass is 218 g/mol. The topological polar surface area (TPSA) is 60.4 Å². The molecule has 1 saturated heterocycles. The molecular formula is C12H12NO3-. The van der Waals surface area contributed by atoms with Crippen LogP contribution in [0, 0.1) is 12.8 Å². The molecule has 1 amide bonds. The molecule has 2 rings (SSSR count). The van der Waals surface area contributed by atoms with Gasteiger partial charge in [0, 0.05) is 30.5 Å². The van der Waals surface area contributed by atoms with Crippen molar-refractivity contribution in [3.8, 4) is 0 Å². The Kier molecular flexibility index (Phi) is 2.64. The molecule has 1 aliphatic heterocycles. The fourth-order valence-corrected chi connectivity index (χ4v) is 1.84. The van der Waals surface area contributed by atoms with Gasteiger partial charge in [0.25, 0.3) is 0 Å². The molecule has 0 bridgehead atoms. The number of hydrogen-bond donors (Lipinski definition) is 0. The molecule has 0 saturated carbocycles. The summed E-state index contributed by atoms with van der Waals surface area (Å²) < 4.78 is 0. The van der Waals surface area contributed by atoms with E-state index in [0.717, 1.165) is 11.3 Å². The highest BCUT2D eigenvalue weighted by Gasteiger charge is 2.31. The number of carboxylic acid groups (broad SMARTS) is 1. The predicted octanol–water partition coefficient (Wildman–Crippen LogP) is 0.0978. The maximum atomic E-state index is 11.6. The van der Waals surface area contributed by atoms with Crippen LogP contribution in [0.1, 0.15) is 12.0 Å². The second kappa shape index (κ2) is 3.96. The van der Waals surface area contributed by atoms with Crippen molar-refractivity contribution in [2.45, 2.75) is 13.3 Å². The Bertz CT molecular complexity index is 424. The largest absolute Gasteiger partial charge is 0.550 e. The molecule has 0 N–H and O–H groups in total. The first-order valence-corrected chi connectivity index (χ1v) is 5.16. The number of carbonyl (C=O) groups is 2. The maximum absolute atomic E-state index is 11.6. The minimum Gasteiger partial charge on any atom is -0.550 e. The zero-order valence-corrected chi connectivity index (χ0v) is 8.97. The first-order valence-electron chi connectivity index (χ1n) is 5.16. The van der Waals surface area contributed by atoms with Crippen molar-refractivity contribution in [2.24, 2.45) is 5.92 Å². The van der Waals surface area contributed by atoms with Crippen molar-refractivity contribution in [2.75, 3.05) is 11.4 Å². The van der Waals surface area contributed by atoms with E-state index in [1.165, 1.54) is 4.90 Å². The van der Waals surface area contributed by atoms with Gasteiger partial charge < -0.3 is 14.8 Å². The molecule has 1 atom stereocenters. The lowest BCUT2D eigenvalue weighted by Crippen LogP contribution is -2.33. The van der Waals surface area contributed by atoms with Crippen LogP contribution in [0.4, 0.5) is 5.69 Å². The third-order valence-electron chi connectivity index (χ3n) is 2.80. The number of aliphatic carboxylic acids is 1. The molecule has 84 valence electrons. The SMILES string of the molecule is Cc1ccc(N2C[C@@H](C(=O)[O-])CC2=O)cc1. The van der Waals surface area contributed by atoms with Crippen molar-refractivity contribution in [3.05, 3.63) is 29.8 Å². The molecule has 0 unspecified atom stereocenters. The van der Waals surface area contributed by atoms with Crippen molar-refractivity contribution in [1.29, 1.82) is 0 Å². The van der Waals surface area contributed by atoms with Crippen LogP contribution in [0.5, 0.6) is 0 Å². The maximum Gasteiger partial charge on any atom is 0.227 e. The normalized spacial score (nSPS) is 20.2.